The van der Waals surface area contributed by atoms with Gasteiger partial charge in [-0.3, -0.25) is 0 Å². The lowest BCUT2D eigenvalue weighted by Crippen LogP contribution is -2.09. The van der Waals surface area contributed by atoms with E-state index in [1.165, 1.54) is 0 Å². The molecule has 0 fully saturated rings. The minimum absolute atomic E-state index is 0.397. The summed E-state index contributed by atoms with van der Waals surface area (Å²) in [6.07, 6.45) is 2.38. The number of nitriles is 1. The van der Waals surface area contributed by atoms with Gasteiger partial charge in [-0.05, 0) is 6.07 Å². The number of hydrogen-bond donors (Lipinski definition) is 2. The summed E-state index contributed by atoms with van der Waals surface area (Å²) in [5, 5.41) is 13.9. The van der Waals surface area contributed by atoms with Crippen LogP contribution in [-0.2, 0) is 6.42 Å². The molecule has 3 N–H and O–H groups in total. The Bertz CT molecular complexity index is 529. The van der Waals surface area contributed by atoms with Crippen molar-refractivity contribution in [2.45, 2.75) is 6.42 Å². The summed E-state index contributed by atoms with van der Waals surface area (Å²) in [5.74, 6) is 0.555. The fourth-order valence-corrected chi connectivity index (χ4v) is 1.97. The van der Waals surface area contributed by atoms with Gasteiger partial charge in [0.2, 0.25) is 0 Å². The van der Waals surface area contributed by atoms with Crippen LogP contribution < -0.4 is 11.1 Å². The van der Waals surface area contributed by atoms with Crippen molar-refractivity contribution in [3.05, 3.63) is 34.4 Å². The molecule has 2 aromatic heterocycles. The number of pyridine rings is 1. The average molecular weight is 245 g/mol. The highest BCUT2D eigenvalue weighted by molar-refractivity contribution is 7.07. The molecule has 0 aliphatic heterocycles. The number of nitrogen functional groups attached to an aromatic ring is 1. The zero-order valence-corrected chi connectivity index (χ0v) is 9.87. The Balaban J connectivity index is 1.98. The number of anilines is 2. The fraction of sp³-hybridized carbons (Fsp3) is 0.182. The quantitative estimate of drug-likeness (QED) is 0.855. The second-order valence-corrected chi connectivity index (χ2v) is 4.11. The molecule has 0 aliphatic carbocycles. The van der Waals surface area contributed by atoms with E-state index in [2.05, 4.69) is 15.3 Å². The first-order valence-electron chi connectivity index (χ1n) is 5.07. The topological polar surface area (TPSA) is 87.6 Å². The van der Waals surface area contributed by atoms with Crippen molar-refractivity contribution in [3.8, 4) is 6.07 Å². The van der Waals surface area contributed by atoms with Gasteiger partial charge < -0.3 is 11.1 Å². The van der Waals surface area contributed by atoms with Crippen LogP contribution in [0.3, 0.4) is 0 Å². The van der Waals surface area contributed by atoms with Gasteiger partial charge in [-0.15, -0.1) is 11.3 Å². The number of hydrogen-bond acceptors (Lipinski definition) is 6. The van der Waals surface area contributed by atoms with Crippen LogP contribution in [0.25, 0.3) is 0 Å². The third kappa shape index (κ3) is 2.71. The molecule has 0 bridgehead atoms. The van der Waals surface area contributed by atoms with E-state index in [9.17, 15) is 0 Å². The molecule has 0 saturated carbocycles. The Morgan fingerprint density at radius 3 is 3.06 bits per heavy atom. The van der Waals surface area contributed by atoms with Crippen LogP contribution >= 0.6 is 11.3 Å². The van der Waals surface area contributed by atoms with Crippen LogP contribution in [-0.4, -0.2) is 16.5 Å². The zero-order valence-electron chi connectivity index (χ0n) is 9.05. The van der Waals surface area contributed by atoms with Gasteiger partial charge in [0.15, 0.2) is 5.82 Å². The summed E-state index contributed by atoms with van der Waals surface area (Å²) >= 11 is 1.57. The Morgan fingerprint density at radius 1 is 1.47 bits per heavy atom. The monoisotopic (exact) mass is 245 g/mol. The Labute approximate surface area is 103 Å². The third-order valence-corrected chi connectivity index (χ3v) is 2.90. The summed E-state index contributed by atoms with van der Waals surface area (Å²) in [4.78, 5) is 8.28. The van der Waals surface area contributed by atoms with Gasteiger partial charge in [0.05, 0.1) is 22.5 Å². The number of aromatic nitrogens is 2. The van der Waals surface area contributed by atoms with E-state index in [-0.39, 0.29) is 0 Å². The summed E-state index contributed by atoms with van der Waals surface area (Å²) in [6, 6.07) is 3.62. The molecule has 0 radical (unpaired) electrons. The van der Waals surface area contributed by atoms with Gasteiger partial charge >= 0.3 is 0 Å². The van der Waals surface area contributed by atoms with Gasteiger partial charge in [0.1, 0.15) is 6.07 Å². The lowest BCUT2D eigenvalue weighted by Gasteiger charge is -2.07. The third-order valence-electron chi connectivity index (χ3n) is 2.27. The van der Waals surface area contributed by atoms with Gasteiger partial charge in [-0.2, -0.15) is 5.26 Å². The predicted molar refractivity (Wildman–Crippen MR) is 67.7 cm³/mol. The standard InChI is InChI=1S/C11H11N5S/c12-5-8-1-3-14-11(10(8)13)15-4-2-9-6-17-7-16-9/h1,3,6-7H,2,4,13H2,(H,14,15). The fourth-order valence-electron chi connectivity index (χ4n) is 1.38. The first-order valence-corrected chi connectivity index (χ1v) is 6.01. The first-order chi connectivity index (χ1) is 8.31. The highest BCUT2D eigenvalue weighted by atomic mass is 32.1. The van der Waals surface area contributed by atoms with Crippen LogP contribution in [0.5, 0.6) is 0 Å². The lowest BCUT2D eigenvalue weighted by atomic mass is 10.2. The highest BCUT2D eigenvalue weighted by Crippen LogP contribution is 2.18. The molecule has 6 heteroatoms. The van der Waals surface area contributed by atoms with Crippen LogP contribution in [0.1, 0.15) is 11.3 Å². The van der Waals surface area contributed by atoms with E-state index < -0.39 is 0 Å². The minimum atomic E-state index is 0.397. The van der Waals surface area contributed by atoms with E-state index in [1.54, 1.807) is 29.1 Å². The van der Waals surface area contributed by atoms with Crippen LogP contribution in [0.2, 0.25) is 0 Å². The minimum Gasteiger partial charge on any atom is -0.395 e. The normalized spacial score (nSPS) is 9.82. The van der Waals surface area contributed by atoms with E-state index in [0.29, 0.717) is 23.6 Å². The highest BCUT2D eigenvalue weighted by Gasteiger charge is 2.05. The predicted octanol–water partition coefficient (Wildman–Crippen LogP) is 1.65. The first kappa shape index (κ1) is 11.4. The summed E-state index contributed by atoms with van der Waals surface area (Å²) < 4.78 is 0. The number of nitrogens with two attached hydrogens (primary N) is 1. The van der Waals surface area contributed by atoms with Crippen molar-refractivity contribution in [1.82, 2.24) is 9.97 Å². The molecule has 0 spiro atoms. The second kappa shape index (κ2) is 5.27. The maximum absolute atomic E-state index is 8.82. The molecule has 0 aliphatic rings. The lowest BCUT2D eigenvalue weighted by molar-refractivity contribution is 0.969. The van der Waals surface area contributed by atoms with Crippen molar-refractivity contribution >= 4 is 22.8 Å². The molecule has 0 saturated heterocycles. The Morgan fingerprint density at radius 2 is 2.35 bits per heavy atom. The maximum atomic E-state index is 8.82. The summed E-state index contributed by atoms with van der Waals surface area (Å²) in [7, 11) is 0. The van der Waals surface area contributed by atoms with E-state index in [4.69, 9.17) is 11.0 Å². The molecule has 2 heterocycles. The molecular formula is C11H11N5S. The van der Waals surface area contributed by atoms with Gasteiger partial charge in [0, 0.05) is 24.5 Å². The molecule has 86 valence electrons. The zero-order chi connectivity index (χ0) is 12.1. The van der Waals surface area contributed by atoms with Gasteiger partial charge in [-0.1, -0.05) is 0 Å². The number of thiazole rings is 1. The average Bonchev–Trinajstić information content (AvgIpc) is 2.84. The molecular weight excluding hydrogens is 234 g/mol. The van der Waals surface area contributed by atoms with Gasteiger partial charge in [-0.25, -0.2) is 9.97 Å². The molecule has 0 atom stereocenters. The Hall–Kier alpha value is -2.13. The smallest absolute Gasteiger partial charge is 0.150 e. The molecule has 0 unspecified atom stereocenters. The summed E-state index contributed by atoms with van der Waals surface area (Å²) in [5.41, 5.74) is 9.47. The van der Waals surface area contributed by atoms with E-state index in [1.807, 2.05) is 11.4 Å². The number of nitrogens with one attached hydrogen (secondary N) is 1. The molecule has 2 rings (SSSR count). The second-order valence-electron chi connectivity index (χ2n) is 3.39. The van der Waals surface area contributed by atoms with E-state index >= 15 is 0 Å². The molecule has 2 aromatic rings. The molecule has 0 amide bonds. The SMILES string of the molecule is N#Cc1ccnc(NCCc2cscn2)c1N. The number of nitrogens with zero attached hydrogens (tertiary/aromatic N) is 3. The van der Waals surface area contributed by atoms with Crippen molar-refractivity contribution in [1.29, 1.82) is 5.26 Å². The largest absolute Gasteiger partial charge is 0.395 e. The van der Waals surface area contributed by atoms with Crippen molar-refractivity contribution in [2.75, 3.05) is 17.6 Å². The van der Waals surface area contributed by atoms with E-state index in [0.717, 1.165) is 12.1 Å². The van der Waals surface area contributed by atoms with Crippen LogP contribution in [0, 0.1) is 11.3 Å². The van der Waals surface area contributed by atoms with Crippen LogP contribution in [0.15, 0.2) is 23.2 Å². The maximum Gasteiger partial charge on any atom is 0.150 e. The molecule has 17 heavy (non-hydrogen) atoms. The Kier molecular flexibility index (Phi) is 3.52. The van der Waals surface area contributed by atoms with Crippen molar-refractivity contribution in [3.63, 3.8) is 0 Å². The van der Waals surface area contributed by atoms with Crippen molar-refractivity contribution < 1.29 is 0 Å². The van der Waals surface area contributed by atoms with Crippen LogP contribution in [0.4, 0.5) is 11.5 Å². The summed E-state index contributed by atoms with van der Waals surface area (Å²) in [6.45, 7) is 0.690. The molecule has 0 aromatic carbocycles. The molecule has 5 nitrogen and oxygen atoms in total. The van der Waals surface area contributed by atoms with Crippen molar-refractivity contribution in [2.24, 2.45) is 0 Å². The van der Waals surface area contributed by atoms with Gasteiger partial charge in [0.25, 0.3) is 0 Å². The number of rotatable bonds is 4.